The zero-order valence-electron chi connectivity index (χ0n) is 14.3. The van der Waals surface area contributed by atoms with Gasteiger partial charge in [0, 0.05) is 10.6 Å². The molecule has 0 bridgehead atoms. The SMILES string of the molecule is O=C(Cc1ccc(-c2ccc(O)cc2)c(Cl)c1)Oc1c(F)c(F)c(F)c(F)c1F. The Balaban J connectivity index is 1.80. The van der Waals surface area contributed by atoms with Gasteiger partial charge in [-0.05, 0) is 29.3 Å². The summed E-state index contributed by atoms with van der Waals surface area (Å²) in [5, 5.41) is 9.55. The second-order valence-electron chi connectivity index (χ2n) is 5.91. The Morgan fingerprint density at radius 1 is 0.862 bits per heavy atom. The molecule has 0 amide bonds. The Hall–Kier alpha value is -3.13. The van der Waals surface area contributed by atoms with E-state index in [0.717, 1.165) is 0 Å². The summed E-state index contributed by atoms with van der Waals surface area (Å²) in [6.45, 7) is 0. The minimum Gasteiger partial charge on any atom is -0.508 e. The monoisotopic (exact) mass is 428 g/mol. The Morgan fingerprint density at radius 2 is 1.41 bits per heavy atom. The minimum absolute atomic E-state index is 0.0670. The lowest BCUT2D eigenvalue weighted by Gasteiger charge is -2.10. The zero-order chi connectivity index (χ0) is 21.3. The van der Waals surface area contributed by atoms with Crippen LogP contribution in [-0.4, -0.2) is 11.1 Å². The van der Waals surface area contributed by atoms with E-state index in [9.17, 15) is 31.9 Å². The van der Waals surface area contributed by atoms with Crippen LogP contribution < -0.4 is 4.74 Å². The number of carbonyl (C=O) groups is 1. The third-order valence-corrected chi connectivity index (χ3v) is 4.26. The molecule has 0 saturated carbocycles. The van der Waals surface area contributed by atoms with Crippen molar-refractivity contribution in [2.75, 3.05) is 0 Å². The number of esters is 1. The van der Waals surface area contributed by atoms with E-state index in [4.69, 9.17) is 11.6 Å². The predicted molar refractivity (Wildman–Crippen MR) is 94.1 cm³/mol. The van der Waals surface area contributed by atoms with Crippen LogP contribution in [0, 0.1) is 29.1 Å². The standard InChI is InChI=1S/C20H10ClF5O3/c21-13-7-9(1-6-12(13)10-2-4-11(27)5-3-10)8-14(28)29-20-18(25)16(23)15(22)17(24)19(20)26/h1-7,27H,8H2. The molecule has 0 heterocycles. The fourth-order valence-electron chi connectivity index (χ4n) is 2.53. The number of hydrogen-bond donors (Lipinski definition) is 1. The molecule has 3 aromatic carbocycles. The van der Waals surface area contributed by atoms with Crippen molar-refractivity contribution in [2.24, 2.45) is 0 Å². The Bertz CT molecular complexity index is 1070. The number of hydrogen-bond acceptors (Lipinski definition) is 3. The molecule has 0 aliphatic carbocycles. The number of rotatable bonds is 4. The van der Waals surface area contributed by atoms with Gasteiger partial charge in [0.1, 0.15) is 5.75 Å². The average molecular weight is 429 g/mol. The lowest BCUT2D eigenvalue weighted by molar-refractivity contribution is -0.134. The fraction of sp³-hybridized carbons (Fsp3) is 0.0500. The number of aromatic hydroxyl groups is 1. The lowest BCUT2D eigenvalue weighted by Crippen LogP contribution is -2.15. The van der Waals surface area contributed by atoms with E-state index in [2.05, 4.69) is 4.74 Å². The van der Waals surface area contributed by atoms with Crippen LogP contribution in [0.25, 0.3) is 11.1 Å². The van der Waals surface area contributed by atoms with Crippen LogP contribution in [0.3, 0.4) is 0 Å². The van der Waals surface area contributed by atoms with Crippen LogP contribution >= 0.6 is 11.6 Å². The first kappa shape index (κ1) is 20.6. The van der Waals surface area contributed by atoms with Gasteiger partial charge in [-0.2, -0.15) is 8.78 Å². The molecule has 0 aliphatic rings. The van der Waals surface area contributed by atoms with Gasteiger partial charge in [0.05, 0.1) is 6.42 Å². The zero-order valence-corrected chi connectivity index (χ0v) is 15.0. The molecule has 29 heavy (non-hydrogen) atoms. The van der Waals surface area contributed by atoms with Gasteiger partial charge in [-0.25, -0.2) is 13.2 Å². The molecule has 0 spiro atoms. The van der Waals surface area contributed by atoms with Gasteiger partial charge in [-0.3, -0.25) is 4.79 Å². The van der Waals surface area contributed by atoms with E-state index >= 15 is 0 Å². The maximum atomic E-state index is 13.6. The largest absolute Gasteiger partial charge is 0.508 e. The lowest BCUT2D eigenvalue weighted by atomic mass is 10.0. The second kappa shape index (κ2) is 8.08. The molecule has 0 saturated heterocycles. The van der Waals surface area contributed by atoms with Gasteiger partial charge in [0.15, 0.2) is 0 Å². The summed E-state index contributed by atoms with van der Waals surface area (Å²) in [6, 6.07) is 10.6. The number of phenolic OH excluding ortho intramolecular Hbond substituents is 1. The molecule has 1 N–H and O–H groups in total. The van der Waals surface area contributed by atoms with Crippen molar-refractivity contribution < 1.29 is 36.6 Å². The van der Waals surface area contributed by atoms with Crippen LogP contribution in [0.2, 0.25) is 5.02 Å². The van der Waals surface area contributed by atoms with Crippen LogP contribution in [0.4, 0.5) is 22.0 Å². The highest BCUT2D eigenvalue weighted by molar-refractivity contribution is 6.33. The normalized spacial score (nSPS) is 10.8. The highest BCUT2D eigenvalue weighted by Gasteiger charge is 2.28. The molecule has 0 aromatic heterocycles. The van der Waals surface area contributed by atoms with Crippen molar-refractivity contribution in [3.8, 4) is 22.6 Å². The van der Waals surface area contributed by atoms with Crippen molar-refractivity contribution in [1.29, 1.82) is 0 Å². The number of halogens is 6. The number of phenols is 1. The van der Waals surface area contributed by atoms with Crippen LogP contribution in [0.15, 0.2) is 42.5 Å². The first-order valence-electron chi connectivity index (χ1n) is 7.99. The molecule has 3 nitrogen and oxygen atoms in total. The highest BCUT2D eigenvalue weighted by atomic mass is 35.5. The summed E-state index contributed by atoms with van der Waals surface area (Å²) in [5.41, 5.74) is 1.55. The molecule has 9 heteroatoms. The van der Waals surface area contributed by atoms with E-state index in [-0.39, 0.29) is 16.3 Å². The van der Waals surface area contributed by atoms with Gasteiger partial charge < -0.3 is 9.84 Å². The molecule has 0 radical (unpaired) electrons. The summed E-state index contributed by atoms with van der Waals surface area (Å²) in [6.07, 6.45) is -0.533. The van der Waals surface area contributed by atoms with E-state index in [1.54, 1.807) is 18.2 Å². The van der Waals surface area contributed by atoms with E-state index in [1.165, 1.54) is 24.3 Å². The van der Waals surface area contributed by atoms with Crippen molar-refractivity contribution in [3.63, 3.8) is 0 Å². The number of carbonyl (C=O) groups excluding carboxylic acids is 1. The smallest absolute Gasteiger partial charge is 0.315 e. The quantitative estimate of drug-likeness (QED) is 0.195. The van der Waals surface area contributed by atoms with Crippen LogP contribution in [-0.2, 0) is 11.2 Å². The van der Waals surface area contributed by atoms with E-state index < -0.39 is 47.2 Å². The van der Waals surface area contributed by atoms with Gasteiger partial charge >= 0.3 is 5.97 Å². The molecule has 3 rings (SSSR count). The summed E-state index contributed by atoms with van der Waals surface area (Å²) < 4.78 is 70.9. The first-order valence-corrected chi connectivity index (χ1v) is 8.36. The molecule has 0 unspecified atom stereocenters. The maximum Gasteiger partial charge on any atom is 0.315 e. The fourth-order valence-corrected chi connectivity index (χ4v) is 2.85. The Morgan fingerprint density at radius 3 is 1.97 bits per heavy atom. The van der Waals surface area contributed by atoms with Gasteiger partial charge in [-0.15, -0.1) is 0 Å². The first-order chi connectivity index (χ1) is 13.7. The molecule has 0 aliphatic heterocycles. The molecular formula is C20H10ClF5O3. The number of benzene rings is 3. The van der Waals surface area contributed by atoms with Crippen molar-refractivity contribution in [1.82, 2.24) is 0 Å². The Labute approximate surface area is 165 Å². The predicted octanol–water partition coefficient (Wildman–Crippen LogP) is 5.56. The molecule has 0 atom stereocenters. The van der Waals surface area contributed by atoms with Gasteiger partial charge in [-0.1, -0.05) is 35.9 Å². The average Bonchev–Trinajstić information content (AvgIpc) is 2.69. The summed E-state index contributed by atoms with van der Waals surface area (Å²) >= 11 is 6.18. The third-order valence-electron chi connectivity index (χ3n) is 3.95. The summed E-state index contributed by atoms with van der Waals surface area (Å²) in [4.78, 5) is 11.9. The van der Waals surface area contributed by atoms with Crippen molar-refractivity contribution in [2.45, 2.75) is 6.42 Å². The maximum absolute atomic E-state index is 13.6. The van der Waals surface area contributed by atoms with Gasteiger partial charge in [0.2, 0.25) is 34.8 Å². The summed E-state index contributed by atoms with van der Waals surface area (Å²) in [5.74, 6) is -14.1. The van der Waals surface area contributed by atoms with Gasteiger partial charge in [0.25, 0.3) is 0 Å². The number of ether oxygens (including phenoxy) is 1. The third kappa shape index (κ3) is 4.17. The minimum atomic E-state index is -2.35. The molecule has 3 aromatic rings. The second-order valence-corrected chi connectivity index (χ2v) is 6.32. The van der Waals surface area contributed by atoms with E-state index in [0.29, 0.717) is 11.1 Å². The highest BCUT2D eigenvalue weighted by Crippen LogP contribution is 2.31. The Kier molecular flexibility index (Phi) is 5.74. The van der Waals surface area contributed by atoms with E-state index in [1.807, 2.05) is 0 Å². The molecule has 150 valence electrons. The molecular weight excluding hydrogens is 419 g/mol. The molecule has 0 fully saturated rings. The van der Waals surface area contributed by atoms with Crippen molar-refractivity contribution in [3.05, 3.63) is 82.1 Å². The van der Waals surface area contributed by atoms with Crippen LogP contribution in [0.5, 0.6) is 11.5 Å². The summed E-state index contributed by atoms with van der Waals surface area (Å²) in [7, 11) is 0. The van der Waals surface area contributed by atoms with Crippen molar-refractivity contribution >= 4 is 17.6 Å². The van der Waals surface area contributed by atoms with Crippen LogP contribution in [0.1, 0.15) is 5.56 Å². The topological polar surface area (TPSA) is 46.5 Å².